The summed E-state index contributed by atoms with van der Waals surface area (Å²) in [7, 11) is 0. The van der Waals surface area contributed by atoms with Crippen LogP contribution in [0.4, 0.5) is 11.1 Å². The summed E-state index contributed by atoms with van der Waals surface area (Å²) in [6.45, 7) is 3.54. The maximum Gasteiger partial charge on any atom is 0.226 e. The summed E-state index contributed by atoms with van der Waals surface area (Å²) in [5.74, 6) is 0.689. The Kier molecular flexibility index (Phi) is 3.75. The van der Waals surface area contributed by atoms with E-state index in [1.807, 2.05) is 11.6 Å². The van der Waals surface area contributed by atoms with Crippen molar-refractivity contribution in [1.82, 2.24) is 15.0 Å². The quantitative estimate of drug-likeness (QED) is 0.845. The molecule has 8 heteroatoms. The van der Waals surface area contributed by atoms with Gasteiger partial charge in [0.25, 0.3) is 0 Å². The molecule has 6 nitrogen and oxygen atoms in total. The van der Waals surface area contributed by atoms with Crippen molar-refractivity contribution in [2.75, 3.05) is 36.0 Å². The van der Waals surface area contributed by atoms with Gasteiger partial charge in [-0.25, -0.2) is 15.0 Å². The van der Waals surface area contributed by atoms with Crippen molar-refractivity contribution in [3.8, 4) is 0 Å². The van der Waals surface area contributed by atoms with Crippen molar-refractivity contribution in [2.24, 2.45) is 5.73 Å². The van der Waals surface area contributed by atoms with E-state index in [0.717, 1.165) is 31.3 Å². The maximum atomic E-state index is 5.61. The topological polar surface area (TPSA) is 71.2 Å². The summed E-state index contributed by atoms with van der Waals surface area (Å²) < 4.78 is 0. The van der Waals surface area contributed by atoms with Gasteiger partial charge in [0.2, 0.25) is 5.95 Å². The number of anilines is 2. The molecule has 1 aliphatic heterocycles. The highest BCUT2D eigenvalue weighted by molar-refractivity contribution is 7.80. The summed E-state index contributed by atoms with van der Waals surface area (Å²) in [5.41, 5.74) is 6.22. The third-order valence-corrected chi connectivity index (χ3v) is 4.19. The molecule has 1 saturated heterocycles. The molecular formula is C12H14N6S2. The van der Waals surface area contributed by atoms with E-state index in [1.54, 1.807) is 23.6 Å². The fraction of sp³-hybridized carbons (Fsp3) is 0.333. The molecule has 0 amide bonds. The summed E-state index contributed by atoms with van der Waals surface area (Å²) >= 11 is 6.61. The van der Waals surface area contributed by atoms with Gasteiger partial charge in [-0.1, -0.05) is 12.2 Å². The lowest BCUT2D eigenvalue weighted by Crippen LogP contribution is -2.47. The van der Waals surface area contributed by atoms with Crippen LogP contribution in [0.1, 0.15) is 5.69 Å². The molecule has 0 atom stereocenters. The SMILES string of the molecule is NC(=S)c1ccnc(N2CCN(c3nccs3)CC2)n1. The first-order chi connectivity index (χ1) is 9.74. The van der Waals surface area contributed by atoms with E-state index >= 15 is 0 Å². The molecule has 0 aliphatic carbocycles. The van der Waals surface area contributed by atoms with E-state index in [4.69, 9.17) is 18.0 Å². The fourth-order valence-corrected chi connectivity index (χ4v) is 2.92. The third-order valence-electron chi connectivity index (χ3n) is 3.15. The van der Waals surface area contributed by atoms with E-state index in [1.165, 1.54) is 0 Å². The molecular weight excluding hydrogens is 292 g/mol. The van der Waals surface area contributed by atoms with Gasteiger partial charge >= 0.3 is 0 Å². The standard InChI is InChI=1S/C12H14N6S2/c13-10(19)9-1-2-14-11(16-9)17-4-6-18(7-5-17)12-15-3-8-20-12/h1-3,8H,4-7H2,(H2,13,19). The first-order valence-electron chi connectivity index (χ1n) is 6.26. The Bertz CT molecular complexity index is 592. The molecule has 0 spiro atoms. The molecule has 1 aliphatic rings. The lowest BCUT2D eigenvalue weighted by Gasteiger charge is -2.34. The van der Waals surface area contributed by atoms with Crippen LogP contribution in [0.25, 0.3) is 0 Å². The highest BCUT2D eigenvalue weighted by Gasteiger charge is 2.20. The molecule has 0 radical (unpaired) electrons. The van der Waals surface area contributed by atoms with Crippen LogP contribution >= 0.6 is 23.6 Å². The molecule has 0 unspecified atom stereocenters. The first-order valence-corrected chi connectivity index (χ1v) is 7.55. The zero-order chi connectivity index (χ0) is 13.9. The van der Waals surface area contributed by atoms with Gasteiger partial charge < -0.3 is 15.5 Å². The zero-order valence-corrected chi connectivity index (χ0v) is 12.4. The Balaban J connectivity index is 1.69. The minimum Gasteiger partial charge on any atom is -0.388 e. The van der Waals surface area contributed by atoms with Crippen LogP contribution in [0.15, 0.2) is 23.8 Å². The first kappa shape index (κ1) is 13.2. The number of thiazole rings is 1. The Morgan fingerprint density at radius 1 is 1.15 bits per heavy atom. The molecule has 2 N–H and O–H groups in total. The minimum atomic E-state index is 0.301. The van der Waals surface area contributed by atoms with Crippen LogP contribution in [0.3, 0.4) is 0 Å². The minimum absolute atomic E-state index is 0.301. The number of aromatic nitrogens is 3. The molecule has 1 fully saturated rings. The third kappa shape index (κ3) is 2.70. The van der Waals surface area contributed by atoms with Crippen molar-refractivity contribution < 1.29 is 0 Å². The molecule has 2 aromatic heterocycles. The average Bonchev–Trinajstić information content (AvgIpc) is 3.02. The van der Waals surface area contributed by atoms with Crippen molar-refractivity contribution in [1.29, 1.82) is 0 Å². The predicted molar refractivity (Wildman–Crippen MR) is 84.5 cm³/mol. The maximum absolute atomic E-state index is 5.61. The number of rotatable bonds is 3. The highest BCUT2D eigenvalue weighted by Crippen LogP contribution is 2.20. The Morgan fingerprint density at radius 3 is 2.55 bits per heavy atom. The normalized spacial score (nSPS) is 15.4. The predicted octanol–water partition coefficient (Wildman–Crippen LogP) is 0.894. The lowest BCUT2D eigenvalue weighted by atomic mass is 10.3. The van der Waals surface area contributed by atoms with Gasteiger partial charge in [-0.2, -0.15) is 0 Å². The van der Waals surface area contributed by atoms with Crippen LogP contribution in [-0.4, -0.2) is 46.1 Å². The second-order valence-corrected chi connectivity index (χ2v) is 5.71. The fourth-order valence-electron chi connectivity index (χ4n) is 2.11. The van der Waals surface area contributed by atoms with Crippen molar-refractivity contribution >= 4 is 39.6 Å². The summed E-state index contributed by atoms with van der Waals surface area (Å²) in [6.07, 6.45) is 3.53. The zero-order valence-electron chi connectivity index (χ0n) is 10.8. The highest BCUT2D eigenvalue weighted by atomic mass is 32.1. The van der Waals surface area contributed by atoms with Crippen molar-refractivity contribution in [2.45, 2.75) is 0 Å². The van der Waals surface area contributed by atoms with E-state index in [2.05, 4.69) is 24.8 Å². The second kappa shape index (κ2) is 5.68. The second-order valence-electron chi connectivity index (χ2n) is 4.39. The molecule has 104 valence electrons. The number of hydrogen-bond acceptors (Lipinski definition) is 7. The van der Waals surface area contributed by atoms with Gasteiger partial charge in [0.15, 0.2) is 5.13 Å². The summed E-state index contributed by atoms with van der Waals surface area (Å²) in [6, 6.07) is 1.73. The van der Waals surface area contributed by atoms with Crippen molar-refractivity contribution in [3.63, 3.8) is 0 Å². The monoisotopic (exact) mass is 306 g/mol. The molecule has 20 heavy (non-hydrogen) atoms. The Hall–Kier alpha value is -1.80. The van der Waals surface area contributed by atoms with E-state index in [0.29, 0.717) is 16.6 Å². The molecule has 0 saturated carbocycles. The lowest BCUT2D eigenvalue weighted by molar-refractivity contribution is 0.638. The molecule has 2 aromatic rings. The van der Waals surface area contributed by atoms with Gasteiger partial charge in [0.05, 0.1) is 0 Å². The largest absolute Gasteiger partial charge is 0.388 e. The van der Waals surface area contributed by atoms with E-state index in [-0.39, 0.29) is 0 Å². The molecule has 0 aromatic carbocycles. The van der Waals surface area contributed by atoms with Gasteiger partial charge in [-0.05, 0) is 6.07 Å². The molecule has 3 heterocycles. The Labute approximate surface area is 126 Å². The number of nitrogens with zero attached hydrogens (tertiary/aromatic N) is 5. The van der Waals surface area contributed by atoms with E-state index in [9.17, 15) is 0 Å². The summed E-state index contributed by atoms with van der Waals surface area (Å²) in [4.78, 5) is 17.8. The van der Waals surface area contributed by atoms with Crippen LogP contribution in [0.2, 0.25) is 0 Å². The molecule has 0 bridgehead atoms. The van der Waals surface area contributed by atoms with Crippen molar-refractivity contribution in [3.05, 3.63) is 29.5 Å². The van der Waals surface area contributed by atoms with Gasteiger partial charge in [0, 0.05) is 44.0 Å². The molecule has 3 rings (SSSR count). The number of piperazine rings is 1. The smallest absolute Gasteiger partial charge is 0.226 e. The number of nitrogens with two attached hydrogens (primary N) is 1. The van der Waals surface area contributed by atoms with Gasteiger partial charge in [-0.3, -0.25) is 0 Å². The average molecular weight is 306 g/mol. The number of hydrogen-bond donors (Lipinski definition) is 1. The Morgan fingerprint density at radius 2 is 1.90 bits per heavy atom. The number of thiocarbonyl (C=S) groups is 1. The van der Waals surface area contributed by atoms with Gasteiger partial charge in [0.1, 0.15) is 10.7 Å². The summed E-state index contributed by atoms with van der Waals surface area (Å²) in [5, 5.41) is 3.07. The van der Waals surface area contributed by atoms with Gasteiger partial charge in [-0.15, -0.1) is 11.3 Å². The van der Waals surface area contributed by atoms with Crippen LogP contribution in [0, 0.1) is 0 Å². The van der Waals surface area contributed by atoms with E-state index < -0.39 is 0 Å². The van der Waals surface area contributed by atoms with Crippen LogP contribution < -0.4 is 15.5 Å². The van der Waals surface area contributed by atoms with Crippen LogP contribution in [0.5, 0.6) is 0 Å². The van der Waals surface area contributed by atoms with Crippen LogP contribution in [-0.2, 0) is 0 Å².